The fraction of sp³-hybridized carbons (Fsp3) is 0.0667. The number of benzene rings is 2. The molecular weight excluding hydrogens is 261 g/mol. The highest BCUT2D eigenvalue weighted by Crippen LogP contribution is 2.17. The maximum Gasteiger partial charge on any atom is 0.252 e. The Morgan fingerprint density at radius 1 is 1.05 bits per heavy atom. The van der Waals surface area contributed by atoms with Gasteiger partial charge < -0.3 is 10.5 Å². The number of carbonyl (C=O) groups excluding carboxylic acids is 2. The Kier molecular flexibility index (Phi) is 4.10. The molecule has 2 aromatic carbocycles. The van der Waals surface area contributed by atoms with Crippen LogP contribution >= 0.6 is 0 Å². The average molecular weight is 273 g/mol. The Morgan fingerprint density at radius 3 is 2.35 bits per heavy atom. The smallest absolute Gasteiger partial charge is 0.252 e. The molecule has 1 amide bonds. The van der Waals surface area contributed by atoms with Crippen molar-refractivity contribution in [3.8, 4) is 5.75 Å². The molecule has 0 radical (unpaired) electrons. The number of ketones is 1. The van der Waals surface area contributed by atoms with Crippen LogP contribution in [0.25, 0.3) is 0 Å². The Hall–Kier alpha value is -2.69. The van der Waals surface area contributed by atoms with Crippen LogP contribution in [0.4, 0.5) is 4.39 Å². The van der Waals surface area contributed by atoms with E-state index in [1.54, 1.807) is 18.2 Å². The quantitative estimate of drug-likeness (QED) is 0.849. The average Bonchev–Trinajstić information content (AvgIpc) is 2.45. The number of ether oxygens (including phenoxy) is 1. The molecule has 0 bridgehead atoms. The third-order valence-electron chi connectivity index (χ3n) is 2.68. The molecule has 2 aromatic rings. The summed E-state index contributed by atoms with van der Waals surface area (Å²) in [6, 6.07) is 11.5. The molecule has 2 N–H and O–H groups in total. The molecule has 0 atom stereocenters. The van der Waals surface area contributed by atoms with Gasteiger partial charge in [-0.15, -0.1) is 0 Å². The fourth-order valence-corrected chi connectivity index (χ4v) is 1.66. The highest BCUT2D eigenvalue weighted by Gasteiger charge is 2.11. The van der Waals surface area contributed by atoms with E-state index in [9.17, 15) is 14.0 Å². The standard InChI is InChI=1S/C15H12FNO3/c16-11-7-5-10(6-8-11)13(18)9-20-14-4-2-1-3-12(14)15(17)19/h1-8H,9H2,(H2,17,19). The Morgan fingerprint density at radius 2 is 1.70 bits per heavy atom. The minimum absolute atomic E-state index is 0.208. The van der Waals surface area contributed by atoms with Crippen molar-refractivity contribution in [1.82, 2.24) is 0 Å². The van der Waals surface area contributed by atoms with Gasteiger partial charge >= 0.3 is 0 Å². The number of para-hydroxylation sites is 1. The summed E-state index contributed by atoms with van der Waals surface area (Å²) < 4.78 is 18.0. The lowest BCUT2D eigenvalue weighted by molar-refractivity contribution is 0.0912. The molecule has 0 aromatic heterocycles. The van der Waals surface area contributed by atoms with Crippen LogP contribution in [0.5, 0.6) is 5.75 Å². The van der Waals surface area contributed by atoms with E-state index in [1.165, 1.54) is 30.3 Å². The minimum Gasteiger partial charge on any atom is -0.485 e. The van der Waals surface area contributed by atoms with Crippen LogP contribution in [0, 0.1) is 5.82 Å². The van der Waals surface area contributed by atoms with E-state index in [-0.39, 0.29) is 23.7 Å². The van der Waals surface area contributed by atoms with Crippen LogP contribution in [-0.4, -0.2) is 18.3 Å². The van der Waals surface area contributed by atoms with E-state index in [4.69, 9.17) is 10.5 Å². The molecule has 0 unspecified atom stereocenters. The molecular formula is C15H12FNO3. The fourth-order valence-electron chi connectivity index (χ4n) is 1.66. The molecule has 4 nitrogen and oxygen atoms in total. The largest absolute Gasteiger partial charge is 0.485 e. The first-order valence-electron chi connectivity index (χ1n) is 5.88. The molecule has 0 heterocycles. The highest BCUT2D eigenvalue weighted by atomic mass is 19.1. The number of amides is 1. The van der Waals surface area contributed by atoms with Crippen molar-refractivity contribution in [2.75, 3.05) is 6.61 Å². The van der Waals surface area contributed by atoms with E-state index in [2.05, 4.69) is 0 Å². The summed E-state index contributed by atoms with van der Waals surface area (Å²) in [4.78, 5) is 23.0. The molecule has 5 heteroatoms. The third-order valence-corrected chi connectivity index (χ3v) is 2.68. The summed E-state index contributed by atoms with van der Waals surface area (Å²) in [5, 5.41) is 0. The van der Waals surface area contributed by atoms with Gasteiger partial charge in [-0.2, -0.15) is 0 Å². The first-order chi connectivity index (χ1) is 9.58. The monoisotopic (exact) mass is 273 g/mol. The lowest BCUT2D eigenvalue weighted by Crippen LogP contribution is -2.16. The first-order valence-corrected chi connectivity index (χ1v) is 5.88. The maximum absolute atomic E-state index is 12.7. The summed E-state index contributed by atoms with van der Waals surface area (Å²) in [6.07, 6.45) is 0. The van der Waals surface area contributed by atoms with Gasteiger partial charge in [0.15, 0.2) is 12.4 Å². The van der Waals surface area contributed by atoms with Gasteiger partial charge in [-0.05, 0) is 36.4 Å². The Balaban J connectivity index is 2.07. The highest BCUT2D eigenvalue weighted by molar-refractivity contribution is 5.98. The minimum atomic E-state index is -0.630. The second-order valence-corrected chi connectivity index (χ2v) is 4.08. The predicted octanol–water partition coefficient (Wildman–Crippen LogP) is 2.19. The van der Waals surface area contributed by atoms with Crippen molar-refractivity contribution in [3.05, 3.63) is 65.5 Å². The van der Waals surface area contributed by atoms with Gasteiger partial charge in [0.05, 0.1) is 5.56 Å². The van der Waals surface area contributed by atoms with Crippen molar-refractivity contribution < 1.29 is 18.7 Å². The Bertz CT molecular complexity index is 638. The zero-order valence-electron chi connectivity index (χ0n) is 10.5. The van der Waals surface area contributed by atoms with Crippen molar-refractivity contribution in [2.24, 2.45) is 5.73 Å². The summed E-state index contributed by atoms with van der Waals surface area (Å²) in [5.74, 6) is -1.11. The number of hydrogen-bond acceptors (Lipinski definition) is 3. The zero-order valence-corrected chi connectivity index (χ0v) is 10.5. The van der Waals surface area contributed by atoms with E-state index in [1.807, 2.05) is 0 Å². The van der Waals surface area contributed by atoms with Crippen molar-refractivity contribution in [2.45, 2.75) is 0 Å². The first kappa shape index (κ1) is 13.7. The van der Waals surface area contributed by atoms with E-state index in [0.29, 0.717) is 5.56 Å². The van der Waals surface area contributed by atoms with Gasteiger partial charge in [0.1, 0.15) is 11.6 Å². The number of Topliss-reactive ketones (excluding diaryl/α,β-unsaturated/α-hetero) is 1. The van der Waals surface area contributed by atoms with Crippen LogP contribution in [0.3, 0.4) is 0 Å². The van der Waals surface area contributed by atoms with Crippen LogP contribution < -0.4 is 10.5 Å². The van der Waals surface area contributed by atoms with E-state index in [0.717, 1.165) is 0 Å². The van der Waals surface area contributed by atoms with Gasteiger partial charge in [-0.25, -0.2) is 4.39 Å². The number of halogens is 1. The molecule has 0 aliphatic heterocycles. The third kappa shape index (κ3) is 3.20. The summed E-state index contributed by atoms with van der Waals surface area (Å²) in [7, 11) is 0. The molecule has 0 aliphatic carbocycles. The second-order valence-electron chi connectivity index (χ2n) is 4.08. The molecule has 20 heavy (non-hydrogen) atoms. The number of rotatable bonds is 5. The van der Waals surface area contributed by atoms with Gasteiger partial charge in [-0.3, -0.25) is 9.59 Å². The number of carbonyl (C=O) groups is 2. The number of primary amides is 1. The van der Waals surface area contributed by atoms with Crippen LogP contribution in [0.15, 0.2) is 48.5 Å². The van der Waals surface area contributed by atoms with E-state index >= 15 is 0 Å². The molecule has 0 saturated heterocycles. The van der Waals surface area contributed by atoms with Gasteiger partial charge in [0.25, 0.3) is 5.91 Å². The van der Waals surface area contributed by atoms with Crippen molar-refractivity contribution in [1.29, 1.82) is 0 Å². The number of nitrogens with two attached hydrogens (primary N) is 1. The summed E-state index contributed by atoms with van der Waals surface area (Å²) >= 11 is 0. The maximum atomic E-state index is 12.7. The molecule has 0 fully saturated rings. The molecule has 2 rings (SSSR count). The van der Waals surface area contributed by atoms with Gasteiger partial charge in [0, 0.05) is 5.56 Å². The van der Waals surface area contributed by atoms with Gasteiger partial charge in [0.2, 0.25) is 0 Å². The Labute approximate surface area is 115 Å². The molecule has 0 saturated carbocycles. The summed E-state index contributed by atoms with van der Waals surface area (Å²) in [6.45, 7) is -0.254. The molecule has 0 spiro atoms. The lowest BCUT2D eigenvalue weighted by atomic mass is 10.1. The normalized spacial score (nSPS) is 10.1. The number of hydrogen-bond donors (Lipinski definition) is 1. The van der Waals surface area contributed by atoms with Crippen LogP contribution in [0.1, 0.15) is 20.7 Å². The summed E-state index contributed by atoms with van der Waals surface area (Å²) in [5.41, 5.74) is 5.75. The molecule has 0 aliphatic rings. The van der Waals surface area contributed by atoms with Crippen LogP contribution in [0.2, 0.25) is 0 Å². The topological polar surface area (TPSA) is 69.4 Å². The second kappa shape index (κ2) is 5.97. The van der Waals surface area contributed by atoms with Crippen molar-refractivity contribution in [3.63, 3.8) is 0 Å². The lowest BCUT2D eigenvalue weighted by Gasteiger charge is -2.08. The SMILES string of the molecule is NC(=O)c1ccccc1OCC(=O)c1ccc(F)cc1. The van der Waals surface area contributed by atoms with Crippen LogP contribution in [-0.2, 0) is 0 Å². The van der Waals surface area contributed by atoms with Crippen molar-refractivity contribution >= 4 is 11.7 Å². The predicted molar refractivity (Wildman–Crippen MR) is 71.2 cm³/mol. The molecule has 102 valence electrons. The van der Waals surface area contributed by atoms with E-state index < -0.39 is 11.7 Å². The van der Waals surface area contributed by atoms with Gasteiger partial charge in [-0.1, -0.05) is 12.1 Å². The zero-order chi connectivity index (χ0) is 14.5.